The monoisotopic (exact) mass is 124 g/mol. The molecule has 0 amide bonds. The van der Waals surface area contributed by atoms with Crippen molar-refractivity contribution < 1.29 is 0 Å². The molecule has 52 valence electrons. The van der Waals surface area contributed by atoms with Gasteiger partial charge in [-0.2, -0.15) is 0 Å². The van der Waals surface area contributed by atoms with Crippen molar-refractivity contribution in [2.75, 3.05) is 0 Å². The molecule has 0 nitrogen and oxygen atoms in total. The van der Waals surface area contributed by atoms with Crippen LogP contribution in [0.4, 0.5) is 0 Å². The fraction of sp³-hybridized carbons (Fsp3) is 0.778. The van der Waals surface area contributed by atoms with E-state index in [0.717, 1.165) is 0 Å². The molecule has 0 spiro atoms. The van der Waals surface area contributed by atoms with Crippen molar-refractivity contribution in [3.8, 4) is 0 Å². The number of rotatable bonds is 2. The van der Waals surface area contributed by atoms with Gasteiger partial charge in [0.25, 0.3) is 0 Å². The Hall–Kier alpha value is -0.260. The predicted molar refractivity (Wildman–Crippen MR) is 41.3 cm³/mol. The standard InChI is InChI=1S/C9H16/c1-5-8(2,3)9(4)6-7-9/h5H,1,6-7H2,2-4H3. The molecule has 0 saturated heterocycles. The minimum absolute atomic E-state index is 0.354. The summed E-state index contributed by atoms with van der Waals surface area (Å²) in [5, 5.41) is 0. The lowest BCUT2D eigenvalue weighted by molar-refractivity contribution is 0.283. The van der Waals surface area contributed by atoms with Crippen molar-refractivity contribution in [3.05, 3.63) is 12.7 Å². The lowest BCUT2D eigenvalue weighted by Crippen LogP contribution is -2.19. The highest BCUT2D eigenvalue weighted by Crippen LogP contribution is 2.58. The fourth-order valence-corrected chi connectivity index (χ4v) is 1.08. The second-order valence-electron chi connectivity index (χ2n) is 3.99. The van der Waals surface area contributed by atoms with Gasteiger partial charge in [-0.25, -0.2) is 0 Å². The first-order valence-electron chi connectivity index (χ1n) is 3.65. The topological polar surface area (TPSA) is 0 Å². The van der Waals surface area contributed by atoms with E-state index in [1.165, 1.54) is 12.8 Å². The third-order valence-electron chi connectivity index (χ3n) is 3.07. The van der Waals surface area contributed by atoms with E-state index < -0.39 is 0 Å². The molecule has 0 heterocycles. The van der Waals surface area contributed by atoms with E-state index in [1.54, 1.807) is 0 Å². The van der Waals surface area contributed by atoms with Gasteiger partial charge < -0.3 is 0 Å². The second-order valence-corrected chi connectivity index (χ2v) is 3.99. The molecule has 0 N–H and O–H groups in total. The Kier molecular flexibility index (Phi) is 1.23. The Labute approximate surface area is 58.0 Å². The average Bonchev–Trinajstić information content (AvgIpc) is 2.49. The van der Waals surface area contributed by atoms with E-state index in [2.05, 4.69) is 33.4 Å². The maximum atomic E-state index is 3.84. The van der Waals surface area contributed by atoms with E-state index >= 15 is 0 Å². The van der Waals surface area contributed by atoms with Crippen molar-refractivity contribution in [3.63, 3.8) is 0 Å². The van der Waals surface area contributed by atoms with Crippen LogP contribution in [0.3, 0.4) is 0 Å². The highest BCUT2D eigenvalue weighted by molar-refractivity contribution is 5.07. The lowest BCUT2D eigenvalue weighted by atomic mass is 9.77. The number of hydrogen-bond donors (Lipinski definition) is 0. The quantitative estimate of drug-likeness (QED) is 0.496. The van der Waals surface area contributed by atoms with Crippen LogP contribution in [0.25, 0.3) is 0 Å². The van der Waals surface area contributed by atoms with E-state index in [4.69, 9.17) is 0 Å². The molecule has 0 heteroatoms. The summed E-state index contributed by atoms with van der Waals surface area (Å²) < 4.78 is 0. The Balaban J connectivity index is 2.69. The molecule has 0 aromatic carbocycles. The molecule has 1 aliphatic carbocycles. The lowest BCUT2D eigenvalue weighted by Gasteiger charge is -2.27. The van der Waals surface area contributed by atoms with Crippen molar-refractivity contribution in [1.29, 1.82) is 0 Å². The van der Waals surface area contributed by atoms with Crippen LogP contribution in [0.15, 0.2) is 12.7 Å². The minimum atomic E-state index is 0.354. The van der Waals surface area contributed by atoms with Gasteiger partial charge in [-0.3, -0.25) is 0 Å². The fourth-order valence-electron chi connectivity index (χ4n) is 1.08. The van der Waals surface area contributed by atoms with Gasteiger partial charge in [-0.1, -0.05) is 26.8 Å². The first-order chi connectivity index (χ1) is 4.02. The molecule has 0 aliphatic heterocycles. The summed E-state index contributed by atoms with van der Waals surface area (Å²) in [6.07, 6.45) is 4.85. The zero-order valence-electron chi connectivity index (χ0n) is 6.70. The van der Waals surface area contributed by atoms with Crippen LogP contribution in [0.2, 0.25) is 0 Å². The van der Waals surface area contributed by atoms with Crippen LogP contribution >= 0.6 is 0 Å². The Morgan fingerprint density at radius 3 is 2.00 bits per heavy atom. The average molecular weight is 124 g/mol. The highest BCUT2D eigenvalue weighted by Gasteiger charge is 2.48. The summed E-state index contributed by atoms with van der Waals surface area (Å²) in [6.45, 7) is 10.7. The van der Waals surface area contributed by atoms with Crippen LogP contribution in [0.1, 0.15) is 33.6 Å². The summed E-state index contributed by atoms with van der Waals surface area (Å²) in [5.74, 6) is 0. The minimum Gasteiger partial charge on any atom is -0.103 e. The molecule has 0 bridgehead atoms. The maximum absolute atomic E-state index is 3.84. The zero-order valence-corrected chi connectivity index (χ0v) is 6.70. The van der Waals surface area contributed by atoms with E-state index in [9.17, 15) is 0 Å². The Morgan fingerprint density at radius 1 is 1.44 bits per heavy atom. The molecule has 1 aliphatic rings. The number of hydrogen-bond acceptors (Lipinski definition) is 0. The molecule has 1 rings (SSSR count). The van der Waals surface area contributed by atoms with Gasteiger partial charge in [-0.05, 0) is 23.7 Å². The first-order valence-corrected chi connectivity index (χ1v) is 3.65. The third-order valence-corrected chi connectivity index (χ3v) is 3.07. The van der Waals surface area contributed by atoms with E-state index in [1.807, 2.05) is 0 Å². The van der Waals surface area contributed by atoms with Gasteiger partial charge in [0.1, 0.15) is 0 Å². The van der Waals surface area contributed by atoms with Crippen LogP contribution < -0.4 is 0 Å². The maximum Gasteiger partial charge on any atom is -0.0124 e. The highest BCUT2D eigenvalue weighted by atomic mass is 14.5. The van der Waals surface area contributed by atoms with Crippen molar-refractivity contribution >= 4 is 0 Å². The summed E-state index contributed by atoms with van der Waals surface area (Å²) in [5.41, 5.74) is 0.932. The van der Waals surface area contributed by atoms with Crippen molar-refractivity contribution in [2.24, 2.45) is 10.8 Å². The van der Waals surface area contributed by atoms with E-state index in [-0.39, 0.29) is 0 Å². The van der Waals surface area contributed by atoms with Gasteiger partial charge in [0, 0.05) is 0 Å². The van der Waals surface area contributed by atoms with Gasteiger partial charge in [0.05, 0.1) is 0 Å². The van der Waals surface area contributed by atoms with Crippen molar-refractivity contribution in [1.82, 2.24) is 0 Å². The molecule has 0 aromatic rings. The SMILES string of the molecule is C=CC(C)(C)C1(C)CC1. The summed E-state index contributed by atoms with van der Waals surface area (Å²) in [4.78, 5) is 0. The third kappa shape index (κ3) is 0.910. The van der Waals surface area contributed by atoms with Gasteiger partial charge in [0.15, 0.2) is 0 Å². The summed E-state index contributed by atoms with van der Waals surface area (Å²) in [7, 11) is 0. The smallest absolute Gasteiger partial charge is 0.0124 e. The van der Waals surface area contributed by atoms with Gasteiger partial charge in [0.2, 0.25) is 0 Å². The normalized spacial score (nSPS) is 23.4. The number of allylic oxidation sites excluding steroid dienone is 1. The Bertz CT molecular complexity index is 127. The van der Waals surface area contributed by atoms with Crippen LogP contribution in [-0.4, -0.2) is 0 Å². The van der Waals surface area contributed by atoms with Gasteiger partial charge >= 0.3 is 0 Å². The van der Waals surface area contributed by atoms with E-state index in [0.29, 0.717) is 10.8 Å². The largest absolute Gasteiger partial charge is 0.103 e. The van der Waals surface area contributed by atoms with Crippen LogP contribution in [0, 0.1) is 10.8 Å². The van der Waals surface area contributed by atoms with Crippen LogP contribution in [0.5, 0.6) is 0 Å². The van der Waals surface area contributed by atoms with Crippen LogP contribution in [-0.2, 0) is 0 Å². The van der Waals surface area contributed by atoms with Gasteiger partial charge in [-0.15, -0.1) is 6.58 Å². The molecule has 0 aromatic heterocycles. The molecule has 1 fully saturated rings. The molecule has 9 heavy (non-hydrogen) atoms. The summed E-state index contributed by atoms with van der Waals surface area (Å²) >= 11 is 0. The first kappa shape index (κ1) is 6.85. The second kappa shape index (κ2) is 1.62. The van der Waals surface area contributed by atoms with Crippen molar-refractivity contribution in [2.45, 2.75) is 33.6 Å². The molecule has 0 atom stereocenters. The molecular weight excluding hydrogens is 108 g/mol. The predicted octanol–water partition coefficient (Wildman–Crippen LogP) is 3.00. The molecular formula is C9H16. The zero-order chi connectivity index (χ0) is 7.12. The molecule has 1 saturated carbocycles. The Morgan fingerprint density at radius 2 is 1.89 bits per heavy atom. The molecule has 0 radical (unpaired) electrons. The molecule has 0 unspecified atom stereocenters. The summed E-state index contributed by atoms with van der Waals surface area (Å²) in [6, 6.07) is 0.